The van der Waals surface area contributed by atoms with Crippen LogP contribution in [0, 0.1) is 29.5 Å². The molecule has 0 radical (unpaired) electrons. The van der Waals surface area contributed by atoms with Crippen molar-refractivity contribution >= 4 is 45.3 Å². The van der Waals surface area contributed by atoms with Crippen LogP contribution in [-0.2, 0) is 9.53 Å². The van der Waals surface area contributed by atoms with Crippen LogP contribution in [0.4, 0.5) is 19.7 Å². The van der Waals surface area contributed by atoms with E-state index in [-0.39, 0.29) is 29.4 Å². The molecule has 9 nitrogen and oxygen atoms in total. The molecule has 2 N–H and O–H groups in total. The molecule has 3 aromatic rings. The molecule has 41 heavy (non-hydrogen) atoms. The number of ether oxygens (including phenoxy) is 2. The molecular formula is C30H31FN4O5S. The molecule has 1 aliphatic carbocycles. The normalized spacial score (nSPS) is 15.7. The lowest BCUT2D eigenvalue weighted by Gasteiger charge is -2.31. The monoisotopic (exact) mass is 578 g/mol. The minimum absolute atomic E-state index is 0.0599. The van der Waals surface area contributed by atoms with Gasteiger partial charge in [0, 0.05) is 43.3 Å². The fraction of sp³-hybridized carbons (Fsp3) is 0.400. The number of halogens is 1. The Labute approximate surface area is 241 Å². The summed E-state index contributed by atoms with van der Waals surface area (Å²) in [7, 11) is 0. The lowest BCUT2D eigenvalue weighted by Crippen LogP contribution is -2.41. The first-order valence-corrected chi connectivity index (χ1v) is 14.3. The summed E-state index contributed by atoms with van der Waals surface area (Å²) in [5.41, 5.74) is 5.60. The van der Waals surface area contributed by atoms with Gasteiger partial charge < -0.3 is 20.1 Å². The highest BCUT2D eigenvalue weighted by molar-refractivity contribution is 7.19. The second-order valence-electron chi connectivity index (χ2n) is 11.1. The van der Waals surface area contributed by atoms with Gasteiger partial charge in [-0.05, 0) is 64.7 Å². The molecular weight excluding hydrogens is 547 g/mol. The maximum absolute atomic E-state index is 15.0. The molecule has 11 heteroatoms. The van der Waals surface area contributed by atoms with Gasteiger partial charge in [0.25, 0.3) is 0 Å². The Bertz CT molecular complexity index is 1560. The molecule has 2 fully saturated rings. The smallest absolute Gasteiger partial charge is 0.410 e. The van der Waals surface area contributed by atoms with Crippen molar-refractivity contribution in [2.75, 3.05) is 18.0 Å². The molecule has 1 aromatic carbocycles. The average molecular weight is 579 g/mol. The van der Waals surface area contributed by atoms with E-state index in [4.69, 9.17) is 15.2 Å². The van der Waals surface area contributed by atoms with Gasteiger partial charge in [0.1, 0.15) is 11.4 Å². The Morgan fingerprint density at radius 2 is 1.83 bits per heavy atom. The number of urea groups is 1. The highest BCUT2D eigenvalue weighted by Gasteiger charge is 2.36. The number of piperidine rings is 1. The van der Waals surface area contributed by atoms with E-state index in [2.05, 4.69) is 16.8 Å². The van der Waals surface area contributed by atoms with Crippen molar-refractivity contribution in [1.82, 2.24) is 9.88 Å². The maximum atomic E-state index is 15.0. The van der Waals surface area contributed by atoms with Gasteiger partial charge in [0.05, 0.1) is 20.8 Å². The summed E-state index contributed by atoms with van der Waals surface area (Å²) in [6, 6.07) is 6.42. The van der Waals surface area contributed by atoms with Gasteiger partial charge in [0.15, 0.2) is 11.6 Å². The zero-order chi connectivity index (χ0) is 29.3. The van der Waals surface area contributed by atoms with Crippen LogP contribution in [0.15, 0.2) is 36.5 Å². The first-order valence-electron chi connectivity index (χ1n) is 13.5. The van der Waals surface area contributed by atoms with Gasteiger partial charge in [-0.15, -0.1) is 11.3 Å². The van der Waals surface area contributed by atoms with E-state index in [1.807, 2.05) is 26.8 Å². The minimum Gasteiger partial charge on any atom is -0.453 e. The summed E-state index contributed by atoms with van der Waals surface area (Å²) in [5, 5.41) is 0. The summed E-state index contributed by atoms with van der Waals surface area (Å²) in [6.07, 6.45) is 4.17. The Balaban J connectivity index is 1.27. The van der Waals surface area contributed by atoms with Crippen molar-refractivity contribution < 1.29 is 28.2 Å². The van der Waals surface area contributed by atoms with Gasteiger partial charge in [-0.25, -0.2) is 18.9 Å². The second kappa shape index (κ2) is 11.4. The SMILES string of the molecule is CC(C)(C)OC(=O)N1CCC(C#Cc2cc3nccc(Oc4ccc(N(C(N)=O)C(=O)C5CC5)cc4F)c3s2)CC1. The average Bonchev–Trinajstić information content (AvgIpc) is 3.67. The van der Waals surface area contributed by atoms with E-state index in [0.717, 1.165) is 28.7 Å². The van der Waals surface area contributed by atoms with Gasteiger partial charge >= 0.3 is 12.1 Å². The van der Waals surface area contributed by atoms with Crippen LogP contribution in [0.25, 0.3) is 10.2 Å². The van der Waals surface area contributed by atoms with Gasteiger partial charge in [-0.3, -0.25) is 9.78 Å². The molecule has 214 valence electrons. The third kappa shape index (κ3) is 6.77. The predicted octanol–water partition coefficient (Wildman–Crippen LogP) is 6.05. The maximum Gasteiger partial charge on any atom is 0.410 e. The number of fused-ring (bicyclic) bond motifs is 1. The van der Waals surface area contributed by atoms with Crippen LogP contribution in [-0.4, -0.2) is 46.6 Å². The molecule has 1 aliphatic heterocycles. The third-order valence-corrected chi connectivity index (χ3v) is 7.74. The highest BCUT2D eigenvalue weighted by Crippen LogP contribution is 2.37. The number of pyridine rings is 1. The Hall–Kier alpha value is -4.17. The lowest BCUT2D eigenvalue weighted by molar-refractivity contribution is -0.119. The number of carbonyl (C=O) groups is 3. The van der Waals surface area contributed by atoms with E-state index in [1.165, 1.54) is 23.5 Å². The largest absolute Gasteiger partial charge is 0.453 e. The van der Waals surface area contributed by atoms with E-state index >= 15 is 4.39 Å². The Morgan fingerprint density at radius 3 is 2.46 bits per heavy atom. The number of aromatic nitrogens is 1. The van der Waals surface area contributed by atoms with E-state index < -0.39 is 23.4 Å². The van der Waals surface area contributed by atoms with Crippen molar-refractivity contribution in [2.24, 2.45) is 17.6 Å². The standard InChI is InChI=1S/C30H31FN4O5S/c1-30(2,3)40-29(38)34-14-11-18(12-15-34)4-8-21-17-23-26(41-21)25(10-13-33-23)39-24-9-7-20(16-22(24)31)35(28(32)37)27(36)19-5-6-19/h7,9-10,13,16-19H,5-6,11-12,14-15H2,1-3H3,(H2,32,37). The number of benzene rings is 1. The van der Waals surface area contributed by atoms with Gasteiger partial charge in [-0.2, -0.15) is 0 Å². The van der Waals surface area contributed by atoms with Crippen LogP contribution in [0.1, 0.15) is 51.3 Å². The van der Waals surface area contributed by atoms with Crippen LogP contribution in [0.5, 0.6) is 11.5 Å². The van der Waals surface area contributed by atoms with Crippen molar-refractivity contribution in [3.05, 3.63) is 47.2 Å². The van der Waals surface area contributed by atoms with Crippen molar-refractivity contribution in [3.63, 3.8) is 0 Å². The van der Waals surface area contributed by atoms with Crippen LogP contribution in [0.3, 0.4) is 0 Å². The number of carbonyl (C=O) groups excluding carboxylic acids is 3. The quantitative estimate of drug-likeness (QED) is 0.377. The predicted molar refractivity (Wildman–Crippen MR) is 153 cm³/mol. The number of anilines is 1. The number of thiophene rings is 1. The third-order valence-electron chi connectivity index (χ3n) is 6.68. The molecule has 1 saturated carbocycles. The van der Waals surface area contributed by atoms with Crippen molar-refractivity contribution in [1.29, 1.82) is 0 Å². The molecule has 4 amide bonds. The zero-order valence-electron chi connectivity index (χ0n) is 23.1. The zero-order valence-corrected chi connectivity index (χ0v) is 23.9. The fourth-order valence-electron chi connectivity index (χ4n) is 4.47. The van der Waals surface area contributed by atoms with E-state index in [1.54, 1.807) is 17.2 Å². The number of hydrogen-bond donors (Lipinski definition) is 1. The number of nitrogens with zero attached hydrogens (tertiary/aromatic N) is 3. The van der Waals surface area contributed by atoms with Gasteiger partial charge in [-0.1, -0.05) is 11.8 Å². The number of hydrogen-bond acceptors (Lipinski definition) is 7. The lowest BCUT2D eigenvalue weighted by atomic mass is 9.98. The number of likely N-dealkylation sites (tertiary alicyclic amines) is 1. The number of primary amides is 1. The van der Waals surface area contributed by atoms with Crippen LogP contribution >= 0.6 is 11.3 Å². The number of rotatable bonds is 4. The molecule has 0 spiro atoms. The molecule has 0 bridgehead atoms. The van der Waals surface area contributed by atoms with E-state index in [0.29, 0.717) is 41.9 Å². The number of nitrogens with two attached hydrogens (primary N) is 1. The minimum atomic E-state index is -0.952. The summed E-state index contributed by atoms with van der Waals surface area (Å²) in [6.45, 7) is 6.74. The Kier molecular flexibility index (Phi) is 7.87. The molecule has 1 saturated heterocycles. The molecule has 0 unspecified atom stereocenters. The fourth-order valence-corrected chi connectivity index (χ4v) is 5.40. The molecule has 3 heterocycles. The van der Waals surface area contributed by atoms with Crippen molar-refractivity contribution in [2.45, 2.75) is 52.1 Å². The first-order chi connectivity index (χ1) is 19.5. The summed E-state index contributed by atoms with van der Waals surface area (Å²) in [4.78, 5) is 44.4. The summed E-state index contributed by atoms with van der Waals surface area (Å²) < 4.78 is 27.1. The molecule has 2 aromatic heterocycles. The topological polar surface area (TPSA) is 115 Å². The van der Waals surface area contributed by atoms with Crippen molar-refractivity contribution in [3.8, 4) is 23.3 Å². The summed E-state index contributed by atoms with van der Waals surface area (Å²) >= 11 is 1.39. The van der Waals surface area contributed by atoms with E-state index in [9.17, 15) is 14.4 Å². The van der Waals surface area contributed by atoms with Crippen LogP contribution < -0.4 is 15.4 Å². The molecule has 0 atom stereocenters. The van der Waals surface area contributed by atoms with Gasteiger partial charge in [0.2, 0.25) is 5.91 Å². The molecule has 2 aliphatic rings. The second-order valence-corrected chi connectivity index (χ2v) is 12.2. The number of amides is 4. The number of imide groups is 1. The molecule has 5 rings (SSSR count). The highest BCUT2D eigenvalue weighted by atomic mass is 32.1. The summed E-state index contributed by atoms with van der Waals surface area (Å²) in [5.74, 6) is 5.61. The Morgan fingerprint density at radius 1 is 1.10 bits per heavy atom. The first kappa shape index (κ1) is 28.4. The van der Waals surface area contributed by atoms with Crippen LogP contribution in [0.2, 0.25) is 0 Å².